The smallest absolute Gasteiger partial charge is 0.407 e. The Kier molecular flexibility index (Phi) is 5.87. The summed E-state index contributed by atoms with van der Waals surface area (Å²) in [7, 11) is 0. The van der Waals surface area contributed by atoms with Gasteiger partial charge in [-0.05, 0) is 57.9 Å². The van der Waals surface area contributed by atoms with Crippen molar-refractivity contribution in [2.75, 3.05) is 13.2 Å². The van der Waals surface area contributed by atoms with Gasteiger partial charge in [0.1, 0.15) is 18.0 Å². The van der Waals surface area contributed by atoms with E-state index in [1.54, 1.807) is 0 Å². The summed E-state index contributed by atoms with van der Waals surface area (Å²) in [6.45, 7) is 10.3. The summed E-state index contributed by atoms with van der Waals surface area (Å²) in [5.41, 5.74) is 1.65. The normalized spacial score (nSPS) is 11.1. The van der Waals surface area contributed by atoms with Gasteiger partial charge < -0.3 is 14.8 Å². The summed E-state index contributed by atoms with van der Waals surface area (Å²) in [4.78, 5) is 11.5. The molecule has 0 fully saturated rings. The Bertz CT molecular complexity index is 457. The zero-order valence-corrected chi connectivity index (χ0v) is 14.3. The van der Waals surface area contributed by atoms with Gasteiger partial charge in [-0.15, -0.1) is 0 Å². The first-order chi connectivity index (χ1) is 9.19. The maximum atomic E-state index is 11.5. The van der Waals surface area contributed by atoms with Gasteiger partial charge in [0.2, 0.25) is 0 Å². The fourth-order valence-electron chi connectivity index (χ4n) is 1.75. The molecule has 0 atom stereocenters. The van der Waals surface area contributed by atoms with E-state index in [1.807, 2.05) is 46.8 Å². The van der Waals surface area contributed by atoms with E-state index in [-0.39, 0.29) is 0 Å². The summed E-state index contributed by atoms with van der Waals surface area (Å²) in [6.07, 6.45) is -0.426. The van der Waals surface area contributed by atoms with Crippen LogP contribution in [0.4, 0.5) is 4.79 Å². The van der Waals surface area contributed by atoms with Gasteiger partial charge in [-0.1, -0.05) is 15.9 Å². The van der Waals surface area contributed by atoms with Crippen LogP contribution in [0.5, 0.6) is 5.75 Å². The van der Waals surface area contributed by atoms with Crippen molar-refractivity contribution >= 4 is 22.0 Å². The Morgan fingerprint density at radius 1 is 1.25 bits per heavy atom. The summed E-state index contributed by atoms with van der Waals surface area (Å²) in [5, 5.41) is 2.66. The summed E-state index contributed by atoms with van der Waals surface area (Å²) >= 11 is 3.45. The number of halogens is 1. The minimum absolute atomic E-state index is 0.405. The first-order valence-corrected chi connectivity index (χ1v) is 7.35. The van der Waals surface area contributed by atoms with Crippen LogP contribution < -0.4 is 10.1 Å². The van der Waals surface area contributed by atoms with Crippen molar-refractivity contribution in [3.63, 3.8) is 0 Å². The molecule has 0 saturated carbocycles. The number of carbonyl (C=O) groups is 1. The lowest BCUT2D eigenvalue weighted by Gasteiger charge is -2.20. The predicted octanol–water partition coefficient (Wildman–Crippen LogP) is 3.97. The molecule has 0 radical (unpaired) electrons. The Morgan fingerprint density at radius 3 is 2.30 bits per heavy atom. The van der Waals surface area contributed by atoms with Gasteiger partial charge in [0.25, 0.3) is 0 Å². The van der Waals surface area contributed by atoms with E-state index in [0.29, 0.717) is 13.2 Å². The molecule has 5 heteroatoms. The SMILES string of the molecule is Cc1cc(Br)cc(C)c1OCCNC(=O)OC(C)(C)C. The molecule has 20 heavy (non-hydrogen) atoms. The fourth-order valence-corrected chi connectivity index (χ4v) is 2.43. The number of benzene rings is 1. The van der Waals surface area contributed by atoms with Crippen LogP contribution >= 0.6 is 15.9 Å². The largest absolute Gasteiger partial charge is 0.491 e. The van der Waals surface area contributed by atoms with Crippen LogP contribution in [0.2, 0.25) is 0 Å². The molecular formula is C15H22BrNO3. The van der Waals surface area contributed by atoms with Crippen molar-refractivity contribution < 1.29 is 14.3 Å². The molecule has 0 heterocycles. The van der Waals surface area contributed by atoms with E-state index in [4.69, 9.17) is 9.47 Å². The fraction of sp³-hybridized carbons (Fsp3) is 0.533. The average Bonchev–Trinajstić information content (AvgIpc) is 2.23. The lowest BCUT2D eigenvalue weighted by Crippen LogP contribution is -2.34. The highest BCUT2D eigenvalue weighted by molar-refractivity contribution is 9.10. The minimum atomic E-state index is -0.482. The third-order valence-corrected chi connectivity index (χ3v) is 2.90. The third-order valence-electron chi connectivity index (χ3n) is 2.44. The van der Waals surface area contributed by atoms with Gasteiger partial charge in [0.05, 0.1) is 6.54 Å². The van der Waals surface area contributed by atoms with E-state index in [1.165, 1.54) is 0 Å². The third kappa shape index (κ3) is 5.82. The Balaban J connectivity index is 2.41. The van der Waals surface area contributed by atoms with Crippen molar-refractivity contribution in [1.82, 2.24) is 5.32 Å². The van der Waals surface area contributed by atoms with Crippen molar-refractivity contribution in [3.05, 3.63) is 27.7 Å². The highest BCUT2D eigenvalue weighted by atomic mass is 79.9. The van der Waals surface area contributed by atoms with Crippen LogP contribution in [0.25, 0.3) is 0 Å². The average molecular weight is 344 g/mol. The number of ether oxygens (including phenoxy) is 2. The van der Waals surface area contributed by atoms with E-state index in [9.17, 15) is 4.79 Å². The van der Waals surface area contributed by atoms with Gasteiger partial charge in [0, 0.05) is 4.47 Å². The van der Waals surface area contributed by atoms with Crippen LogP contribution in [-0.4, -0.2) is 24.8 Å². The van der Waals surface area contributed by atoms with Crippen molar-refractivity contribution in [2.45, 2.75) is 40.2 Å². The zero-order valence-electron chi connectivity index (χ0n) is 12.7. The molecule has 0 bridgehead atoms. The van der Waals surface area contributed by atoms with Crippen LogP contribution in [-0.2, 0) is 4.74 Å². The molecule has 1 N–H and O–H groups in total. The molecule has 0 saturated heterocycles. The van der Waals surface area contributed by atoms with Crippen LogP contribution in [0.15, 0.2) is 16.6 Å². The molecular weight excluding hydrogens is 322 g/mol. The van der Waals surface area contributed by atoms with Crippen LogP contribution in [0.1, 0.15) is 31.9 Å². The summed E-state index contributed by atoms with van der Waals surface area (Å²) in [6, 6.07) is 4.01. The lowest BCUT2D eigenvalue weighted by atomic mass is 10.1. The summed E-state index contributed by atoms with van der Waals surface area (Å²) < 4.78 is 11.9. The number of hydrogen-bond acceptors (Lipinski definition) is 3. The van der Waals surface area contributed by atoms with Gasteiger partial charge in [-0.25, -0.2) is 4.79 Å². The van der Waals surface area contributed by atoms with Crippen LogP contribution in [0, 0.1) is 13.8 Å². The second-order valence-electron chi connectivity index (χ2n) is 5.65. The number of carbonyl (C=O) groups excluding carboxylic acids is 1. The lowest BCUT2D eigenvalue weighted by molar-refractivity contribution is 0.0520. The van der Waals surface area contributed by atoms with E-state index in [2.05, 4.69) is 21.2 Å². The molecule has 1 amide bonds. The number of hydrogen-bond donors (Lipinski definition) is 1. The zero-order chi connectivity index (χ0) is 15.3. The van der Waals surface area contributed by atoms with E-state index < -0.39 is 11.7 Å². The number of amides is 1. The van der Waals surface area contributed by atoms with Crippen molar-refractivity contribution in [1.29, 1.82) is 0 Å². The second kappa shape index (κ2) is 6.97. The number of alkyl carbamates (subject to hydrolysis) is 1. The predicted molar refractivity (Wildman–Crippen MR) is 83.3 cm³/mol. The molecule has 0 aliphatic rings. The van der Waals surface area contributed by atoms with Gasteiger partial charge in [-0.3, -0.25) is 0 Å². The van der Waals surface area contributed by atoms with Gasteiger partial charge >= 0.3 is 6.09 Å². The molecule has 0 aromatic heterocycles. The summed E-state index contributed by atoms with van der Waals surface area (Å²) in [5.74, 6) is 0.860. The van der Waals surface area contributed by atoms with E-state index >= 15 is 0 Å². The molecule has 1 aromatic carbocycles. The first-order valence-electron chi connectivity index (χ1n) is 6.55. The quantitative estimate of drug-likeness (QED) is 0.841. The molecule has 4 nitrogen and oxygen atoms in total. The number of rotatable bonds is 4. The minimum Gasteiger partial charge on any atom is -0.491 e. The van der Waals surface area contributed by atoms with Crippen molar-refractivity contribution in [2.24, 2.45) is 0 Å². The molecule has 1 aromatic rings. The molecule has 0 aliphatic heterocycles. The molecule has 0 aliphatic carbocycles. The van der Waals surface area contributed by atoms with Crippen LogP contribution in [0.3, 0.4) is 0 Å². The molecule has 112 valence electrons. The standard InChI is InChI=1S/C15H22BrNO3/c1-10-8-12(16)9-11(2)13(10)19-7-6-17-14(18)20-15(3,4)5/h8-9H,6-7H2,1-5H3,(H,17,18). The topological polar surface area (TPSA) is 47.6 Å². The Labute approximate surface area is 129 Å². The highest BCUT2D eigenvalue weighted by Crippen LogP contribution is 2.27. The number of aryl methyl sites for hydroxylation is 2. The first kappa shape index (κ1) is 16.8. The second-order valence-corrected chi connectivity index (χ2v) is 6.56. The Morgan fingerprint density at radius 2 is 1.80 bits per heavy atom. The van der Waals surface area contributed by atoms with Gasteiger partial charge in [0.15, 0.2) is 0 Å². The highest BCUT2D eigenvalue weighted by Gasteiger charge is 2.15. The maximum absolute atomic E-state index is 11.5. The Hall–Kier alpha value is -1.23. The molecule has 0 spiro atoms. The van der Waals surface area contributed by atoms with Crippen molar-refractivity contribution in [3.8, 4) is 5.75 Å². The monoisotopic (exact) mass is 343 g/mol. The van der Waals surface area contributed by atoms with Gasteiger partial charge in [-0.2, -0.15) is 0 Å². The molecule has 1 rings (SSSR count). The molecule has 0 unspecified atom stereocenters. The maximum Gasteiger partial charge on any atom is 0.407 e. The number of nitrogens with one attached hydrogen (secondary N) is 1. The van der Waals surface area contributed by atoms with E-state index in [0.717, 1.165) is 21.3 Å².